The van der Waals surface area contributed by atoms with Gasteiger partial charge in [-0.25, -0.2) is 13.9 Å². The Balaban J connectivity index is 2.11. The highest BCUT2D eigenvalue weighted by atomic mass is 16.5. The third kappa shape index (κ3) is 3.29. The average Bonchev–Trinajstić information content (AvgIpc) is 2.92. The van der Waals surface area contributed by atoms with Crippen molar-refractivity contribution in [1.29, 1.82) is 0 Å². The molecule has 0 radical (unpaired) electrons. The number of carbonyl (C=O) groups is 1. The fourth-order valence-corrected chi connectivity index (χ4v) is 3.36. The molecule has 0 fully saturated rings. The maximum Gasteiger partial charge on any atom is 0.338 e. The molecular formula is C21H25N2O3+. The molecule has 3 aromatic rings. The van der Waals surface area contributed by atoms with Crippen molar-refractivity contribution in [2.24, 2.45) is 0 Å². The number of rotatable bonds is 6. The van der Waals surface area contributed by atoms with Crippen LogP contribution in [0.25, 0.3) is 11.0 Å². The second-order valence-corrected chi connectivity index (χ2v) is 6.15. The van der Waals surface area contributed by atoms with Crippen molar-refractivity contribution in [2.75, 3.05) is 13.7 Å². The highest BCUT2D eigenvalue weighted by molar-refractivity contribution is 5.93. The molecule has 26 heavy (non-hydrogen) atoms. The van der Waals surface area contributed by atoms with Gasteiger partial charge in [-0.15, -0.1) is 0 Å². The maximum absolute atomic E-state index is 12.1. The minimum atomic E-state index is -0.288. The lowest BCUT2D eigenvalue weighted by Crippen LogP contribution is -2.35. The molecular weight excluding hydrogens is 328 g/mol. The SMILES string of the molecule is CCOC(=O)c1ccc2c(c1)n(Cc1cccc(OC)c1)c(C)[n+]2CC. The summed E-state index contributed by atoms with van der Waals surface area (Å²) in [5.74, 6) is 1.70. The van der Waals surface area contributed by atoms with Crippen LogP contribution in [0, 0.1) is 6.92 Å². The van der Waals surface area contributed by atoms with Gasteiger partial charge in [-0.3, -0.25) is 0 Å². The van der Waals surface area contributed by atoms with Gasteiger partial charge < -0.3 is 9.47 Å². The number of aryl methyl sites for hydroxylation is 1. The fourth-order valence-electron chi connectivity index (χ4n) is 3.36. The zero-order valence-electron chi connectivity index (χ0n) is 15.8. The summed E-state index contributed by atoms with van der Waals surface area (Å²) in [6, 6.07) is 13.8. The molecule has 0 saturated heterocycles. The Bertz CT molecular complexity index is 944. The molecule has 1 aromatic heterocycles. The van der Waals surface area contributed by atoms with Gasteiger partial charge in [-0.05, 0) is 43.7 Å². The minimum absolute atomic E-state index is 0.288. The Hall–Kier alpha value is -2.82. The summed E-state index contributed by atoms with van der Waals surface area (Å²) in [6.45, 7) is 7.99. The van der Waals surface area contributed by atoms with E-state index in [4.69, 9.17) is 9.47 Å². The Morgan fingerprint density at radius 3 is 2.65 bits per heavy atom. The van der Waals surface area contributed by atoms with Gasteiger partial charge in [0.1, 0.15) is 12.3 Å². The van der Waals surface area contributed by atoms with E-state index in [2.05, 4.69) is 29.0 Å². The number of benzene rings is 2. The van der Waals surface area contributed by atoms with Crippen LogP contribution in [0.2, 0.25) is 0 Å². The van der Waals surface area contributed by atoms with Gasteiger partial charge >= 0.3 is 5.97 Å². The van der Waals surface area contributed by atoms with Crippen LogP contribution in [0.5, 0.6) is 5.75 Å². The molecule has 3 rings (SSSR count). The van der Waals surface area contributed by atoms with E-state index in [9.17, 15) is 4.79 Å². The second-order valence-electron chi connectivity index (χ2n) is 6.15. The number of esters is 1. The predicted molar refractivity (Wildman–Crippen MR) is 101 cm³/mol. The Labute approximate surface area is 153 Å². The first-order valence-corrected chi connectivity index (χ1v) is 8.91. The van der Waals surface area contributed by atoms with E-state index in [1.807, 2.05) is 43.3 Å². The van der Waals surface area contributed by atoms with Crippen molar-refractivity contribution in [3.63, 3.8) is 0 Å². The zero-order chi connectivity index (χ0) is 18.7. The maximum atomic E-state index is 12.1. The van der Waals surface area contributed by atoms with Crippen LogP contribution in [-0.2, 0) is 17.8 Å². The summed E-state index contributed by atoms with van der Waals surface area (Å²) in [7, 11) is 1.67. The van der Waals surface area contributed by atoms with Crippen LogP contribution in [0.1, 0.15) is 35.6 Å². The van der Waals surface area contributed by atoms with Crippen LogP contribution in [0.4, 0.5) is 0 Å². The molecule has 0 spiro atoms. The molecule has 136 valence electrons. The highest BCUT2D eigenvalue weighted by Gasteiger charge is 2.22. The zero-order valence-corrected chi connectivity index (χ0v) is 15.8. The molecule has 0 unspecified atom stereocenters. The number of hydrogen-bond acceptors (Lipinski definition) is 3. The summed E-state index contributed by atoms with van der Waals surface area (Å²) in [6.07, 6.45) is 0. The standard InChI is InChI=1S/C21H25N2O3/c1-5-22-15(3)23(14-16-8-7-9-18(12-16)25-4)20-13-17(10-11-19(20)22)21(24)26-6-2/h7-13H,5-6,14H2,1-4H3/q+1. The molecule has 0 saturated carbocycles. The van der Waals surface area contributed by atoms with Gasteiger partial charge in [0.2, 0.25) is 0 Å². The lowest BCUT2D eigenvalue weighted by atomic mass is 10.2. The van der Waals surface area contributed by atoms with E-state index in [1.54, 1.807) is 7.11 Å². The van der Waals surface area contributed by atoms with Crippen molar-refractivity contribution in [1.82, 2.24) is 4.57 Å². The minimum Gasteiger partial charge on any atom is -0.497 e. The third-order valence-electron chi connectivity index (χ3n) is 4.64. The molecule has 2 aromatic carbocycles. The molecule has 5 heteroatoms. The van der Waals surface area contributed by atoms with Crippen molar-refractivity contribution in [2.45, 2.75) is 33.9 Å². The van der Waals surface area contributed by atoms with Crippen LogP contribution < -0.4 is 9.30 Å². The largest absolute Gasteiger partial charge is 0.497 e. The van der Waals surface area contributed by atoms with Gasteiger partial charge in [0.25, 0.3) is 5.82 Å². The molecule has 0 aliphatic carbocycles. The number of carbonyl (C=O) groups excluding carboxylic acids is 1. The number of nitrogens with zero attached hydrogens (tertiary/aromatic N) is 2. The van der Waals surface area contributed by atoms with Crippen LogP contribution >= 0.6 is 0 Å². The summed E-state index contributed by atoms with van der Waals surface area (Å²) in [5.41, 5.74) is 3.86. The highest BCUT2D eigenvalue weighted by Crippen LogP contribution is 2.21. The molecule has 0 aliphatic rings. The molecule has 1 heterocycles. The summed E-state index contributed by atoms with van der Waals surface area (Å²) in [5, 5.41) is 0. The summed E-state index contributed by atoms with van der Waals surface area (Å²) >= 11 is 0. The topological polar surface area (TPSA) is 44.3 Å². The molecule has 0 aliphatic heterocycles. The van der Waals surface area contributed by atoms with E-state index in [0.29, 0.717) is 18.7 Å². The van der Waals surface area contributed by atoms with Gasteiger partial charge in [0.15, 0.2) is 11.0 Å². The number of hydrogen-bond donors (Lipinski definition) is 0. The molecule has 0 amide bonds. The Morgan fingerprint density at radius 2 is 1.96 bits per heavy atom. The van der Waals surface area contributed by atoms with Gasteiger partial charge in [-0.1, -0.05) is 12.1 Å². The van der Waals surface area contributed by atoms with Crippen molar-refractivity contribution in [3.8, 4) is 5.75 Å². The Kier molecular flexibility index (Phi) is 5.26. The first-order chi connectivity index (χ1) is 12.6. The lowest BCUT2D eigenvalue weighted by Gasteiger charge is -2.05. The van der Waals surface area contributed by atoms with E-state index >= 15 is 0 Å². The predicted octanol–water partition coefficient (Wildman–Crippen LogP) is 3.49. The molecule has 0 bridgehead atoms. The monoisotopic (exact) mass is 353 g/mol. The van der Waals surface area contributed by atoms with E-state index < -0.39 is 0 Å². The molecule has 5 nitrogen and oxygen atoms in total. The number of ether oxygens (including phenoxy) is 2. The average molecular weight is 353 g/mol. The normalized spacial score (nSPS) is 10.9. The van der Waals surface area contributed by atoms with Crippen molar-refractivity contribution < 1.29 is 18.8 Å². The molecule has 0 atom stereocenters. The van der Waals surface area contributed by atoms with E-state index in [0.717, 1.165) is 34.7 Å². The lowest BCUT2D eigenvalue weighted by molar-refractivity contribution is -0.674. The number of imidazole rings is 1. The molecule has 0 N–H and O–H groups in total. The first-order valence-electron chi connectivity index (χ1n) is 8.91. The smallest absolute Gasteiger partial charge is 0.338 e. The number of methoxy groups -OCH3 is 1. The Morgan fingerprint density at radius 1 is 1.15 bits per heavy atom. The van der Waals surface area contributed by atoms with E-state index in [-0.39, 0.29) is 5.97 Å². The fraction of sp³-hybridized carbons (Fsp3) is 0.333. The van der Waals surface area contributed by atoms with Crippen molar-refractivity contribution >= 4 is 17.0 Å². The quantitative estimate of drug-likeness (QED) is 0.503. The number of fused-ring (bicyclic) bond motifs is 1. The second kappa shape index (κ2) is 7.60. The third-order valence-corrected chi connectivity index (χ3v) is 4.64. The van der Waals surface area contributed by atoms with Crippen LogP contribution in [0.15, 0.2) is 42.5 Å². The first kappa shape index (κ1) is 18.0. The summed E-state index contributed by atoms with van der Waals surface area (Å²) in [4.78, 5) is 12.1. The number of aromatic nitrogens is 2. The summed E-state index contributed by atoms with van der Waals surface area (Å²) < 4.78 is 15.0. The van der Waals surface area contributed by atoms with Gasteiger partial charge in [-0.2, -0.15) is 0 Å². The van der Waals surface area contributed by atoms with Crippen LogP contribution in [-0.4, -0.2) is 24.3 Å². The van der Waals surface area contributed by atoms with Gasteiger partial charge in [0.05, 0.1) is 25.8 Å². The van der Waals surface area contributed by atoms with E-state index in [1.165, 1.54) is 0 Å². The van der Waals surface area contributed by atoms with Crippen LogP contribution in [0.3, 0.4) is 0 Å². The van der Waals surface area contributed by atoms with Gasteiger partial charge in [0, 0.05) is 13.0 Å². The van der Waals surface area contributed by atoms with Crippen molar-refractivity contribution in [3.05, 3.63) is 59.4 Å².